The number of benzene rings is 2. The van der Waals surface area contributed by atoms with Crippen LogP contribution in [-0.2, 0) is 40.5 Å². The molecule has 210 valence electrons. The van der Waals surface area contributed by atoms with Gasteiger partial charge in [-0.05, 0) is 61.9 Å². The third-order valence-electron chi connectivity index (χ3n) is 6.59. The Hall–Kier alpha value is -3.45. The lowest BCUT2D eigenvalue weighted by Crippen LogP contribution is -2.36. The number of halogens is 3. The van der Waals surface area contributed by atoms with Crippen LogP contribution in [0.1, 0.15) is 55.0 Å². The summed E-state index contributed by atoms with van der Waals surface area (Å²) in [6.07, 6.45) is -3.25. The molecule has 0 saturated heterocycles. The largest absolute Gasteiger partial charge is 0.488 e. The number of aliphatic carboxylic acids is 1. The van der Waals surface area contributed by atoms with Gasteiger partial charge < -0.3 is 9.84 Å². The van der Waals surface area contributed by atoms with Gasteiger partial charge in [-0.3, -0.25) is 9.48 Å². The first-order chi connectivity index (χ1) is 18.4. The Balaban J connectivity index is 1.70. The number of carboxylic acid groups (broad SMARTS) is 1. The van der Waals surface area contributed by atoms with E-state index in [-0.39, 0.29) is 29.2 Å². The summed E-state index contributed by atoms with van der Waals surface area (Å²) in [5, 5.41) is 17.5. The Labute approximate surface area is 224 Å². The highest BCUT2D eigenvalue weighted by Gasteiger charge is 2.38. The van der Waals surface area contributed by atoms with Crippen molar-refractivity contribution in [3.05, 3.63) is 71.0 Å². The number of alkyl halides is 3. The first-order valence-electron chi connectivity index (χ1n) is 12.4. The summed E-state index contributed by atoms with van der Waals surface area (Å²) in [6, 6.07) is 9.43. The molecule has 0 spiro atoms. The maximum atomic E-state index is 14.0. The van der Waals surface area contributed by atoms with Crippen LogP contribution in [0.5, 0.6) is 5.75 Å². The number of carboxylic acids is 1. The molecule has 9 nitrogen and oxygen atoms in total. The van der Waals surface area contributed by atoms with Gasteiger partial charge in [-0.25, -0.2) is 8.42 Å². The minimum absolute atomic E-state index is 0.122. The minimum atomic E-state index is -4.75. The van der Waals surface area contributed by atoms with Gasteiger partial charge in [-0.15, -0.1) is 5.10 Å². The third-order valence-corrected chi connectivity index (χ3v) is 8.44. The van der Waals surface area contributed by atoms with Crippen molar-refractivity contribution < 1.29 is 36.2 Å². The van der Waals surface area contributed by atoms with E-state index in [4.69, 9.17) is 4.74 Å². The van der Waals surface area contributed by atoms with Crippen LogP contribution in [0.2, 0.25) is 0 Å². The third kappa shape index (κ3) is 6.59. The summed E-state index contributed by atoms with van der Waals surface area (Å²) < 4.78 is 77.4. The van der Waals surface area contributed by atoms with Crippen molar-refractivity contribution >= 4 is 16.0 Å². The summed E-state index contributed by atoms with van der Waals surface area (Å²) in [5.74, 6) is -1.59. The second-order valence-electron chi connectivity index (χ2n) is 9.49. The molecule has 0 bridgehead atoms. The number of carbonyl (C=O) groups is 1. The molecule has 39 heavy (non-hydrogen) atoms. The predicted octanol–water partition coefficient (Wildman–Crippen LogP) is 4.48. The number of aryl methyl sites for hydroxylation is 2. The van der Waals surface area contributed by atoms with Crippen LogP contribution in [0.15, 0.2) is 53.6 Å². The number of hydrogen-bond donors (Lipinski definition) is 1. The van der Waals surface area contributed by atoms with Gasteiger partial charge in [-0.2, -0.15) is 17.5 Å². The van der Waals surface area contributed by atoms with Crippen molar-refractivity contribution in [2.45, 2.75) is 69.3 Å². The van der Waals surface area contributed by atoms with Crippen LogP contribution in [0.3, 0.4) is 0 Å². The molecule has 13 heteroatoms. The summed E-state index contributed by atoms with van der Waals surface area (Å²) in [7, 11) is -4.18. The van der Waals surface area contributed by atoms with Gasteiger partial charge in [0.2, 0.25) is 10.0 Å². The quantitative estimate of drug-likeness (QED) is 0.406. The molecule has 2 heterocycles. The number of fused-ring (bicyclic) bond motifs is 1. The van der Waals surface area contributed by atoms with Gasteiger partial charge in [0.25, 0.3) is 0 Å². The van der Waals surface area contributed by atoms with E-state index >= 15 is 0 Å². The summed E-state index contributed by atoms with van der Waals surface area (Å²) in [6.45, 7) is 3.43. The fourth-order valence-corrected chi connectivity index (χ4v) is 6.29. The van der Waals surface area contributed by atoms with Crippen LogP contribution in [0, 0.1) is 0 Å². The number of rotatable bonds is 9. The molecule has 1 aromatic heterocycles. The Kier molecular flexibility index (Phi) is 8.31. The highest BCUT2D eigenvalue weighted by Crippen LogP contribution is 2.38. The first-order valence-corrected chi connectivity index (χ1v) is 13.9. The molecule has 0 saturated carbocycles. The fourth-order valence-electron chi connectivity index (χ4n) is 4.68. The van der Waals surface area contributed by atoms with Crippen molar-refractivity contribution in [3.8, 4) is 5.75 Å². The first kappa shape index (κ1) is 28.6. The molecule has 0 radical (unpaired) electrons. The molecule has 2 atom stereocenters. The van der Waals surface area contributed by atoms with E-state index in [1.165, 1.54) is 30.3 Å². The smallest absolute Gasteiger partial charge is 0.416 e. The monoisotopic (exact) mass is 566 g/mol. The van der Waals surface area contributed by atoms with E-state index in [0.717, 1.165) is 10.4 Å². The van der Waals surface area contributed by atoms with Gasteiger partial charge >= 0.3 is 12.1 Å². The van der Waals surface area contributed by atoms with Crippen molar-refractivity contribution in [1.82, 2.24) is 19.3 Å². The van der Waals surface area contributed by atoms with Crippen molar-refractivity contribution in [2.24, 2.45) is 0 Å². The normalized spacial score (nSPS) is 18.1. The number of nitrogens with zero attached hydrogens (tertiary/aromatic N) is 4. The Morgan fingerprint density at radius 2 is 1.97 bits per heavy atom. The molecular weight excluding hydrogens is 537 g/mol. The molecule has 2 aromatic carbocycles. The van der Waals surface area contributed by atoms with Gasteiger partial charge in [0, 0.05) is 19.3 Å². The number of hydrogen-bond acceptors (Lipinski definition) is 6. The van der Waals surface area contributed by atoms with Gasteiger partial charge in [-0.1, -0.05) is 29.5 Å². The predicted molar refractivity (Wildman–Crippen MR) is 135 cm³/mol. The van der Waals surface area contributed by atoms with Crippen LogP contribution in [0.25, 0.3) is 0 Å². The molecule has 0 amide bonds. The molecule has 1 aliphatic heterocycles. The lowest BCUT2D eigenvalue weighted by molar-refractivity contribution is -0.139. The minimum Gasteiger partial charge on any atom is -0.488 e. The summed E-state index contributed by atoms with van der Waals surface area (Å²) in [4.78, 5) is 11.5. The number of ether oxygens (including phenoxy) is 1. The topological polar surface area (TPSA) is 115 Å². The second-order valence-corrected chi connectivity index (χ2v) is 11.4. The molecule has 0 fully saturated rings. The SMILES string of the molecule is CCn1cc(CCC(CC(=O)O)c2ccc(C(F)(F)F)c(CN3C[C@@H](C)Oc4ccccc4S3(=O)=O)c2)nn1. The number of para-hydroxylation sites is 1. The van der Waals surface area contributed by atoms with Gasteiger partial charge in [0.05, 0.1) is 24.2 Å². The van der Waals surface area contributed by atoms with E-state index in [2.05, 4.69) is 10.3 Å². The van der Waals surface area contributed by atoms with Crippen molar-refractivity contribution in [2.75, 3.05) is 6.54 Å². The highest BCUT2D eigenvalue weighted by atomic mass is 32.2. The Morgan fingerprint density at radius 1 is 1.23 bits per heavy atom. The van der Waals surface area contributed by atoms with Crippen molar-refractivity contribution in [1.29, 1.82) is 0 Å². The zero-order valence-electron chi connectivity index (χ0n) is 21.4. The van der Waals surface area contributed by atoms with Crippen LogP contribution in [0.4, 0.5) is 13.2 Å². The van der Waals surface area contributed by atoms with E-state index in [1.54, 1.807) is 23.9 Å². The fraction of sp³-hybridized carbons (Fsp3) is 0.423. The van der Waals surface area contributed by atoms with E-state index in [1.807, 2.05) is 6.92 Å². The van der Waals surface area contributed by atoms with Gasteiger partial charge in [0.15, 0.2) is 0 Å². The molecule has 1 N–H and O–H groups in total. The number of sulfonamides is 1. The molecule has 1 aliphatic rings. The zero-order chi connectivity index (χ0) is 28.4. The van der Waals surface area contributed by atoms with Crippen LogP contribution >= 0.6 is 0 Å². The van der Waals surface area contributed by atoms with E-state index in [0.29, 0.717) is 30.6 Å². The lowest BCUT2D eigenvalue weighted by Gasteiger charge is -2.25. The van der Waals surface area contributed by atoms with Crippen LogP contribution < -0.4 is 4.74 Å². The maximum absolute atomic E-state index is 14.0. The molecule has 3 aromatic rings. The van der Waals surface area contributed by atoms with Crippen LogP contribution in [-0.4, -0.2) is 51.4 Å². The second kappa shape index (κ2) is 11.3. The lowest BCUT2D eigenvalue weighted by atomic mass is 9.88. The van der Waals surface area contributed by atoms with E-state index in [9.17, 15) is 31.5 Å². The molecular formula is C26H29F3N4O5S. The zero-order valence-corrected chi connectivity index (χ0v) is 22.2. The molecule has 4 rings (SSSR count). The van der Waals surface area contributed by atoms with E-state index < -0.39 is 46.3 Å². The Morgan fingerprint density at radius 3 is 2.64 bits per heavy atom. The highest BCUT2D eigenvalue weighted by molar-refractivity contribution is 7.89. The Bertz CT molecular complexity index is 1440. The average molecular weight is 567 g/mol. The molecule has 1 unspecified atom stereocenters. The summed E-state index contributed by atoms with van der Waals surface area (Å²) >= 11 is 0. The standard InChI is InChI=1S/C26H29F3N4O5S/c1-3-32-16-21(30-31-32)10-8-19(13-25(34)35)18-9-11-22(26(27,28)29)20(12-18)15-33-14-17(2)38-23-6-4-5-7-24(23)39(33,36)37/h4-7,9,11-12,16-17,19H,3,8,10,13-15H2,1-2H3,(H,34,35)/t17-,19?/m1/s1. The average Bonchev–Trinajstić information content (AvgIpc) is 3.30. The van der Waals surface area contributed by atoms with Gasteiger partial charge in [0.1, 0.15) is 16.7 Å². The van der Waals surface area contributed by atoms with Crippen molar-refractivity contribution in [3.63, 3.8) is 0 Å². The number of aromatic nitrogens is 3. The summed E-state index contributed by atoms with van der Waals surface area (Å²) in [5.41, 5.74) is -0.224. The maximum Gasteiger partial charge on any atom is 0.416 e. The molecule has 0 aliphatic carbocycles.